The predicted molar refractivity (Wildman–Crippen MR) is 110 cm³/mol. The Labute approximate surface area is 169 Å². The molecule has 2 heterocycles. The average Bonchev–Trinajstić information content (AvgIpc) is 2.73. The van der Waals surface area contributed by atoms with Crippen LogP contribution in [0.3, 0.4) is 0 Å². The van der Waals surface area contributed by atoms with E-state index in [1.165, 1.54) is 13.2 Å². The highest BCUT2D eigenvalue weighted by atomic mass is 19.1. The lowest BCUT2D eigenvalue weighted by Crippen LogP contribution is -2.39. The van der Waals surface area contributed by atoms with E-state index < -0.39 is 28.6 Å². The van der Waals surface area contributed by atoms with Crippen LogP contribution < -0.4 is 11.2 Å². The maximum absolute atomic E-state index is 14.8. The van der Waals surface area contributed by atoms with Gasteiger partial charge in [0.2, 0.25) is 0 Å². The summed E-state index contributed by atoms with van der Waals surface area (Å²) in [7, 11) is 1.43. The van der Waals surface area contributed by atoms with Crippen LogP contribution in [-0.4, -0.2) is 14.1 Å². The maximum atomic E-state index is 14.8. The quantitative estimate of drug-likeness (QED) is 0.459. The van der Waals surface area contributed by atoms with Crippen molar-refractivity contribution in [1.82, 2.24) is 14.1 Å². The van der Waals surface area contributed by atoms with Crippen molar-refractivity contribution in [3.8, 4) is 17.5 Å². The second-order valence-corrected chi connectivity index (χ2v) is 6.73. The van der Waals surface area contributed by atoms with Gasteiger partial charge >= 0.3 is 5.69 Å². The molecule has 0 amide bonds. The molecule has 0 saturated heterocycles. The molecule has 5 nitrogen and oxygen atoms in total. The van der Waals surface area contributed by atoms with E-state index in [4.69, 9.17) is 0 Å². The molecule has 4 rings (SSSR count). The minimum absolute atomic E-state index is 0.0782. The number of pyridine rings is 1. The van der Waals surface area contributed by atoms with E-state index in [0.29, 0.717) is 21.3 Å². The highest BCUT2D eigenvalue weighted by Gasteiger charge is 2.20. The second kappa shape index (κ2) is 7.41. The summed E-state index contributed by atoms with van der Waals surface area (Å²) >= 11 is 0. The average molecular weight is 403 g/mol. The molecule has 0 aliphatic heterocycles. The molecule has 4 aromatic rings. The maximum Gasteiger partial charge on any atom is 0.336 e. The van der Waals surface area contributed by atoms with Crippen molar-refractivity contribution in [3.63, 3.8) is 0 Å². The molecule has 0 radical (unpaired) electrons. The Bertz CT molecular complexity index is 1450. The summed E-state index contributed by atoms with van der Waals surface area (Å²) in [5, 5.41) is 0.0782. The summed E-state index contributed by atoms with van der Waals surface area (Å²) in [5.41, 5.74) is -0.743. The number of halogens is 2. The monoisotopic (exact) mass is 403 g/mol. The third-order valence-electron chi connectivity index (χ3n) is 4.66. The summed E-state index contributed by atoms with van der Waals surface area (Å²) in [6.45, 7) is 1.71. The zero-order valence-electron chi connectivity index (χ0n) is 16.1. The smallest absolute Gasteiger partial charge is 0.296 e. The van der Waals surface area contributed by atoms with Gasteiger partial charge in [0.05, 0.1) is 10.9 Å². The Kier molecular flexibility index (Phi) is 4.76. The molecule has 7 heteroatoms. The van der Waals surface area contributed by atoms with E-state index in [1.807, 2.05) is 6.07 Å². The third kappa shape index (κ3) is 3.29. The van der Waals surface area contributed by atoms with E-state index in [1.54, 1.807) is 37.3 Å². The van der Waals surface area contributed by atoms with Gasteiger partial charge in [0.1, 0.15) is 5.69 Å². The Morgan fingerprint density at radius 2 is 1.57 bits per heavy atom. The van der Waals surface area contributed by atoms with E-state index in [9.17, 15) is 18.4 Å². The lowest BCUT2D eigenvalue weighted by atomic mass is 10.1. The summed E-state index contributed by atoms with van der Waals surface area (Å²) in [5.74, 6) is 3.37. The number of hydrogen-bond donors (Lipinski definition) is 0. The SMILES string of the molecule is Cc1cc2c(cn1)c(=O)n(-c1c(F)cc(C#Cc3ccccc3)cc1F)c(=O)n2C. The first-order chi connectivity index (χ1) is 14.4. The van der Waals surface area contributed by atoms with E-state index in [2.05, 4.69) is 16.8 Å². The second-order valence-electron chi connectivity index (χ2n) is 6.73. The van der Waals surface area contributed by atoms with Crippen molar-refractivity contribution in [2.45, 2.75) is 6.92 Å². The first kappa shape index (κ1) is 19.3. The van der Waals surface area contributed by atoms with Crippen LogP contribution in [0.15, 0.2) is 64.3 Å². The van der Waals surface area contributed by atoms with E-state index in [0.717, 1.165) is 16.7 Å². The summed E-state index contributed by atoms with van der Waals surface area (Å²) in [6.07, 6.45) is 1.29. The fourth-order valence-corrected chi connectivity index (χ4v) is 3.16. The van der Waals surface area contributed by atoms with E-state index >= 15 is 0 Å². The number of rotatable bonds is 1. The van der Waals surface area contributed by atoms with Gasteiger partial charge in [0, 0.05) is 30.1 Å². The summed E-state index contributed by atoms with van der Waals surface area (Å²) in [6, 6.07) is 12.5. The molecular formula is C23H15F2N3O2. The standard InChI is InChI=1S/C23H15F2N3O2/c1-14-10-20-17(13-26-14)22(29)28(23(30)27(20)2)21-18(24)11-16(12-19(21)25)9-8-15-6-4-3-5-7-15/h3-7,10-13H,1-2H3. The van der Waals surface area contributed by atoms with Crippen molar-refractivity contribution in [2.75, 3.05) is 0 Å². The highest BCUT2D eigenvalue weighted by molar-refractivity contribution is 5.77. The van der Waals surface area contributed by atoms with Gasteiger partial charge in [-0.05, 0) is 37.3 Å². The molecule has 0 unspecified atom stereocenters. The van der Waals surface area contributed by atoms with Crippen LogP contribution in [0.5, 0.6) is 0 Å². The number of fused-ring (bicyclic) bond motifs is 1. The fourth-order valence-electron chi connectivity index (χ4n) is 3.16. The topological polar surface area (TPSA) is 56.9 Å². The summed E-state index contributed by atoms with van der Waals surface area (Å²) < 4.78 is 31.3. The summed E-state index contributed by atoms with van der Waals surface area (Å²) in [4.78, 5) is 29.7. The lowest BCUT2D eigenvalue weighted by Gasteiger charge is -2.12. The minimum atomic E-state index is -1.06. The van der Waals surface area contributed by atoms with Crippen LogP contribution in [0, 0.1) is 30.4 Å². The largest absolute Gasteiger partial charge is 0.336 e. The van der Waals surface area contributed by atoms with Gasteiger partial charge in [-0.15, -0.1) is 0 Å². The van der Waals surface area contributed by atoms with Gasteiger partial charge in [0.25, 0.3) is 5.56 Å². The van der Waals surface area contributed by atoms with Crippen LogP contribution in [-0.2, 0) is 7.05 Å². The van der Waals surface area contributed by atoms with Gasteiger partial charge < -0.3 is 0 Å². The number of hydrogen-bond acceptors (Lipinski definition) is 3. The molecule has 0 atom stereocenters. The van der Waals surface area contributed by atoms with Crippen LogP contribution in [0.1, 0.15) is 16.8 Å². The predicted octanol–water partition coefficient (Wildman–Crippen LogP) is 3.07. The Hall–Kier alpha value is -4.05. The first-order valence-electron chi connectivity index (χ1n) is 9.01. The van der Waals surface area contributed by atoms with Crippen molar-refractivity contribution in [3.05, 3.63) is 104 Å². The van der Waals surface area contributed by atoms with Crippen molar-refractivity contribution < 1.29 is 8.78 Å². The number of aryl methyl sites for hydroxylation is 2. The first-order valence-corrected chi connectivity index (χ1v) is 9.01. The molecule has 0 saturated carbocycles. The molecule has 0 bridgehead atoms. The van der Waals surface area contributed by atoms with Crippen molar-refractivity contribution in [2.24, 2.45) is 7.05 Å². The van der Waals surface area contributed by atoms with Crippen LogP contribution >= 0.6 is 0 Å². The molecule has 2 aromatic carbocycles. The van der Waals surface area contributed by atoms with Crippen molar-refractivity contribution >= 4 is 10.9 Å². The molecule has 0 N–H and O–H groups in total. The van der Waals surface area contributed by atoms with Crippen molar-refractivity contribution in [1.29, 1.82) is 0 Å². The fraction of sp³-hybridized carbons (Fsp3) is 0.0870. The Morgan fingerprint density at radius 1 is 0.933 bits per heavy atom. The third-order valence-corrected chi connectivity index (χ3v) is 4.66. The van der Waals surface area contributed by atoms with Gasteiger partial charge in [-0.3, -0.25) is 14.3 Å². The zero-order valence-corrected chi connectivity index (χ0v) is 16.1. The van der Waals surface area contributed by atoms with Gasteiger partial charge in [0.15, 0.2) is 11.6 Å². The highest BCUT2D eigenvalue weighted by Crippen LogP contribution is 2.18. The molecule has 0 aliphatic carbocycles. The number of aromatic nitrogens is 3. The van der Waals surface area contributed by atoms with Crippen LogP contribution in [0.4, 0.5) is 8.78 Å². The van der Waals surface area contributed by atoms with Crippen LogP contribution in [0.25, 0.3) is 16.6 Å². The normalized spacial score (nSPS) is 10.7. The number of nitrogens with zero attached hydrogens (tertiary/aromatic N) is 3. The zero-order chi connectivity index (χ0) is 21.4. The molecule has 0 aliphatic rings. The molecule has 2 aromatic heterocycles. The van der Waals surface area contributed by atoms with Gasteiger partial charge in [-0.25, -0.2) is 18.1 Å². The molecule has 30 heavy (non-hydrogen) atoms. The van der Waals surface area contributed by atoms with E-state index in [-0.39, 0.29) is 10.9 Å². The molecule has 148 valence electrons. The molecule has 0 fully saturated rings. The Balaban J connectivity index is 1.91. The van der Waals surface area contributed by atoms with Crippen LogP contribution in [0.2, 0.25) is 0 Å². The molecule has 0 spiro atoms. The molecular weight excluding hydrogens is 388 g/mol. The minimum Gasteiger partial charge on any atom is -0.296 e. The Morgan fingerprint density at radius 3 is 2.23 bits per heavy atom. The van der Waals surface area contributed by atoms with Gasteiger partial charge in [-0.1, -0.05) is 30.0 Å². The van der Waals surface area contributed by atoms with Gasteiger partial charge in [-0.2, -0.15) is 0 Å². The number of benzene rings is 2. The lowest BCUT2D eigenvalue weighted by molar-refractivity contribution is 0.559.